The lowest BCUT2D eigenvalue weighted by molar-refractivity contribution is 0.0947. The van der Waals surface area contributed by atoms with E-state index in [1.807, 2.05) is 30.3 Å². The maximum Gasteiger partial charge on any atom is 0.251 e. The number of carbonyl (C=O) groups excluding carboxylic acids is 1. The average molecular weight is 306 g/mol. The molecule has 2 N–H and O–H groups in total. The van der Waals surface area contributed by atoms with Crippen LogP contribution >= 0.6 is 11.6 Å². The smallest absolute Gasteiger partial charge is 0.251 e. The number of hydrogen-bond donors (Lipinski definition) is 2. The maximum absolute atomic E-state index is 12.0. The molecule has 0 fully saturated rings. The van der Waals surface area contributed by atoms with E-state index in [0.717, 1.165) is 5.75 Å². The normalized spacial score (nSPS) is 10.0. The molecule has 0 spiro atoms. The lowest BCUT2D eigenvalue weighted by Gasteiger charge is -2.08. The summed E-state index contributed by atoms with van der Waals surface area (Å²) in [5.74, 6) is 1.11. The van der Waals surface area contributed by atoms with E-state index in [1.54, 1.807) is 13.1 Å². The molecule has 0 saturated carbocycles. The molecule has 0 radical (unpaired) electrons. The molecule has 110 valence electrons. The molecule has 2 aromatic rings. The zero-order valence-corrected chi connectivity index (χ0v) is 12.4. The Morgan fingerprint density at radius 3 is 2.76 bits per heavy atom. The number of amides is 1. The third-order valence-corrected chi connectivity index (χ3v) is 2.91. The van der Waals surface area contributed by atoms with Gasteiger partial charge in [0.25, 0.3) is 5.91 Å². The molecule has 6 heteroatoms. The number of nitrogens with zero attached hydrogens (tertiary/aromatic N) is 1. The number of rotatable bonds is 6. The fraction of sp³-hybridized carbons (Fsp3) is 0.200. The molecule has 0 atom stereocenters. The molecule has 1 aromatic heterocycles. The third-order valence-electron chi connectivity index (χ3n) is 2.71. The van der Waals surface area contributed by atoms with Crippen LogP contribution < -0.4 is 15.4 Å². The van der Waals surface area contributed by atoms with E-state index in [1.165, 1.54) is 6.07 Å². The molecule has 0 saturated heterocycles. The van der Waals surface area contributed by atoms with Gasteiger partial charge in [-0.15, -0.1) is 0 Å². The van der Waals surface area contributed by atoms with Crippen LogP contribution in [-0.2, 0) is 0 Å². The topological polar surface area (TPSA) is 63.2 Å². The van der Waals surface area contributed by atoms with E-state index in [-0.39, 0.29) is 11.1 Å². The highest BCUT2D eigenvalue weighted by Gasteiger charge is 2.08. The van der Waals surface area contributed by atoms with Crippen molar-refractivity contribution in [2.24, 2.45) is 0 Å². The summed E-state index contributed by atoms with van der Waals surface area (Å²) >= 11 is 5.86. The number of para-hydroxylation sites is 1. The van der Waals surface area contributed by atoms with Crippen molar-refractivity contribution in [2.75, 3.05) is 25.5 Å². The number of carbonyl (C=O) groups is 1. The minimum atomic E-state index is -0.215. The highest BCUT2D eigenvalue weighted by Crippen LogP contribution is 2.14. The zero-order chi connectivity index (χ0) is 15.1. The Morgan fingerprint density at radius 1 is 1.29 bits per heavy atom. The molecule has 1 aromatic carbocycles. The Balaban J connectivity index is 1.83. The summed E-state index contributed by atoms with van der Waals surface area (Å²) in [6.45, 7) is 0.802. The molecule has 0 bridgehead atoms. The average Bonchev–Trinajstić information content (AvgIpc) is 2.51. The van der Waals surface area contributed by atoms with Crippen LogP contribution in [0, 0.1) is 0 Å². The second-order valence-electron chi connectivity index (χ2n) is 4.23. The number of nitrogens with one attached hydrogen (secondary N) is 2. The molecule has 0 aliphatic carbocycles. The van der Waals surface area contributed by atoms with Gasteiger partial charge in [-0.25, -0.2) is 4.98 Å². The molecule has 5 nitrogen and oxygen atoms in total. The van der Waals surface area contributed by atoms with Crippen LogP contribution in [0.5, 0.6) is 5.75 Å². The van der Waals surface area contributed by atoms with Crippen molar-refractivity contribution >= 4 is 23.3 Å². The van der Waals surface area contributed by atoms with Gasteiger partial charge in [0.1, 0.15) is 23.3 Å². The first kappa shape index (κ1) is 15.1. The summed E-state index contributed by atoms with van der Waals surface area (Å²) < 4.78 is 5.50. The fourth-order valence-electron chi connectivity index (χ4n) is 1.71. The molecule has 0 aliphatic rings. The van der Waals surface area contributed by atoms with Crippen LogP contribution in [0.3, 0.4) is 0 Å². The number of halogens is 1. The van der Waals surface area contributed by atoms with Gasteiger partial charge in [0, 0.05) is 12.6 Å². The molecular formula is C15H16ClN3O2. The molecule has 0 unspecified atom stereocenters. The van der Waals surface area contributed by atoms with Gasteiger partial charge in [-0.3, -0.25) is 4.79 Å². The van der Waals surface area contributed by atoms with Crippen LogP contribution in [0.4, 0.5) is 5.82 Å². The Labute approximate surface area is 128 Å². The van der Waals surface area contributed by atoms with Crippen molar-refractivity contribution < 1.29 is 9.53 Å². The van der Waals surface area contributed by atoms with Crippen molar-refractivity contribution in [3.8, 4) is 5.75 Å². The first-order valence-electron chi connectivity index (χ1n) is 6.50. The Hall–Kier alpha value is -2.27. The summed E-state index contributed by atoms with van der Waals surface area (Å²) in [7, 11) is 1.72. The van der Waals surface area contributed by atoms with E-state index in [9.17, 15) is 4.79 Å². The molecule has 0 aliphatic heterocycles. The fourth-order valence-corrected chi connectivity index (χ4v) is 1.92. The van der Waals surface area contributed by atoms with Crippen molar-refractivity contribution in [2.45, 2.75) is 0 Å². The Bertz CT molecular complexity index is 605. The van der Waals surface area contributed by atoms with Crippen LogP contribution in [0.25, 0.3) is 0 Å². The summed E-state index contributed by atoms with van der Waals surface area (Å²) in [4.78, 5) is 16.0. The SMILES string of the molecule is CNc1cc(C(=O)NCCOc2ccccc2)cc(Cl)n1. The van der Waals surface area contributed by atoms with E-state index < -0.39 is 0 Å². The number of pyridine rings is 1. The summed E-state index contributed by atoms with van der Waals surface area (Å²) in [6, 6.07) is 12.6. The highest BCUT2D eigenvalue weighted by atomic mass is 35.5. The first-order chi connectivity index (χ1) is 10.2. The largest absolute Gasteiger partial charge is 0.492 e. The maximum atomic E-state index is 12.0. The number of benzene rings is 1. The van der Waals surface area contributed by atoms with Gasteiger partial charge in [-0.1, -0.05) is 29.8 Å². The van der Waals surface area contributed by atoms with Gasteiger partial charge < -0.3 is 15.4 Å². The Morgan fingerprint density at radius 2 is 2.05 bits per heavy atom. The van der Waals surface area contributed by atoms with E-state index in [0.29, 0.717) is 24.5 Å². The van der Waals surface area contributed by atoms with Crippen molar-refractivity contribution in [1.82, 2.24) is 10.3 Å². The highest BCUT2D eigenvalue weighted by molar-refractivity contribution is 6.29. The van der Waals surface area contributed by atoms with Crippen LogP contribution in [0.2, 0.25) is 5.15 Å². The van der Waals surface area contributed by atoms with Gasteiger partial charge in [0.05, 0.1) is 6.54 Å². The van der Waals surface area contributed by atoms with E-state index in [2.05, 4.69) is 15.6 Å². The summed E-state index contributed by atoms with van der Waals surface area (Å²) in [6.07, 6.45) is 0. The number of ether oxygens (including phenoxy) is 1. The third kappa shape index (κ3) is 4.65. The zero-order valence-electron chi connectivity index (χ0n) is 11.6. The number of anilines is 1. The second-order valence-corrected chi connectivity index (χ2v) is 4.62. The van der Waals surface area contributed by atoms with Gasteiger partial charge >= 0.3 is 0 Å². The van der Waals surface area contributed by atoms with Crippen LogP contribution in [0.15, 0.2) is 42.5 Å². The first-order valence-corrected chi connectivity index (χ1v) is 6.88. The lowest BCUT2D eigenvalue weighted by atomic mass is 10.2. The minimum absolute atomic E-state index is 0.215. The van der Waals surface area contributed by atoms with Gasteiger partial charge in [-0.05, 0) is 24.3 Å². The minimum Gasteiger partial charge on any atom is -0.492 e. The van der Waals surface area contributed by atoms with Crippen molar-refractivity contribution in [3.63, 3.8) is 0 Å². The molecule has 1 heterocycles. The summed E-state index contributed by atoms with van der Waals surface area (Å²) in [5, 5.41) is 5.89. The Kier molecular flexibility index (Phi) is 5.40. The predicted molar refractivity (Wildman–Crippen MR) is 83.1 cm³/mol. The molecule has 2 rings (SSSR count). The lowest BCUT2D eigenvalue weighted by Crippen LogP contribution is -2.28. The van der Waals surface area contributed by atoms with E-state index >= 15 is 0 Å². The number of hydrogen-bond acceptors (Lipinski definition) is 4. The summed E-state index contributed by atoms with van der Waals surface area (Å²) in [5.41, 5.74) is 0.457. The van der Waals surface area contributed by atoms with Gasteiger partial charge in [-0.2, -0.15) is 0 Å². The van der Waals surface area contributed by atoms with Gasteiger partial charge in [0.15, 0.2) is 0 Å². The van der Waals surface area contributed by atoms with Crippen molar-refractivity contribution in [1.29, 1.82) is 0 Å². The standard InChI is InChI=1S/C15H16ClN3O2/c1-17-14-10-11(9-13(16)19-14)15(20)18-7-8-21-12-5-3-2-4-6-12/h2-6,9-10H,7-8H2,1H3,(H,17,19)(H,18,20). The molecular weight excluding hydrogens is 290 g/mol. The van der Waals surface area contributed by atoms with Crippen LogP contribution in [-0.4, -0.2) is 31.1 Å². The quantitative estimate of drug-likeness (QED) is 0.636. The molecule has 1 amide bonds. The van der Waals surface area contributed by atoms with Gasteiger partial charge in [0.2, 0.25) is 0 Å². The molecule has 21 heavy (non-hydrogen) atoms. The van der Waals surface area contributed by atoms with E-state index in [4.69, 9.17) is 16.3 Å². The predicted octanol–water partition coefficient (Wildman–Crippen LogP) is 2.59. The monoisotopic (exact) mass is 305 g/mol. The van der Waals surface area contributed by atoms with Crippen molar-refractivity contribution in [3.05, 3.63) is 53.2 Å². The number of aromatic nitrogens is 1. The van der Waals surface area contributed by atoms with Crippen LogP contribution in [0.1, 0.15) is 10.4 Å². The second kappa shape index (κ2) is 7.50.